The van der Waals surface area contributed by atoms with Crippen LogP contribution in [-0.4, -0.2) is 48.9 Å². The Morgan fingerprint density at radius 2 is 2.11 bits per heavy atom. The van der Waals surface area contributed by atoms with Gasteiger partial charge in [-0.2, -0.15) is 10.2 Å². The molecule has 0 aliphatic heterocycles. The van der Waals surface area contributed by atoms with E-state index in [2.05, 4.69) is 15.2 Å². The van der Waals surface area contributed by atoms with E-state index in [1.165, 1.54) is 12.1 Å². The molecular weight excluding hydrogens is 359 g/mol. The molecule has 0 bridgehead atoms. The van der Waals surface area contributed by atoms with Crippen LogP contribution in [0.4, 0.5) is 4.39 Å². The van der Waals surface area contributed by atoms with Gasteiger partial charge in [0.25, 0.3) is 5.91 Å². The number of carbonyl (C=O) groups is 1. The van der Waals surface area contributed by atoms with Crippen molar-refractivity contribution in [2.24, 2.45) is 7.05 Å². The van der Waals surface area contributed by atoms with Crippen LogP contribution in [0.5, 0.6) is 0 Å². The summed E-state index contributed by atoms with van der Waals surface area (Å²) in [5.74, 6) is -0.605. The van der Waals surface area contributed by atoms with E-state index in [1.54, 1.807) is 45.8 Å². The Morgan fingerprint density at radius 3 is 2.82 bits per heavy atom. The van der Waals surface area contributed by atoms with Crippen molar-refractivity contribution in [3.8, 4) is 11.3 Å². The fraction of sp³-hybridized carbons (Fsp3) is 0.200. The smallest absolute Gasteiger partial charge is 0.254 e. The number of likely N-dealkylation sites (N-methyl/N-ethyl adjacent to an activating group) is 1. The van der Waals surface area contributed by atoms with Crippen LogP contribution in [0.2, 0.25) is 0 Å². The summed E-state index contributed by atoms with van der Waals surface area (Å²) in [4.78, 5) is 19.3. The molecule has 1 amide bonds. The van der Waals surface area contributed by atoms with E-state index in [1.807, 2.05) is 25.5 Å². The van der Waals surface area contributed by atoms with Crippen molar-refractivity contribution in [3.05, 3.63) is 66.5 Å². The lowest BCUT2D eigenvalue weighted by Crippen LogP contribution is -2.30. The van der Waals surface area contributed by atoms with E-state index in [-0.39, 0.29) is 5.91 Å². The Kier molecular flexibility index (Phi) is 4.60. The first-order chi connectivity index (χ1) is 13.5. The van der Waals surface area contributed by atoms with Crippen molar-refractivity contribution in [2.45, 2.75) is 6.54 Å². The fourth-order valence-corrected chi connectivity index (χ4v) is 3.07. The highest BCUT2D eigenvalue weighted by molar-refractivity contribution is 6.07. The molecular formula is C20H19FN6O. The third-order valence-electron chi connectivity index (χ3n) is 4.57. The Labute approximate surface area is 161 Å². The summed E-state index contributed by atoms with van der Waals surface area (Å²) < 4.78 is 17.3. The molecule has 0 saturated carbocycles. The second-order valence-electron chi connectivity index (χ2n) is 6.62. The molecule has 3 aromatic heterocycles. The third-order valence-corrected chi connectivity index (χ3v) is 4.57. The van der Waals surface area contributed by atoms with Gasteiger partial charge in [0.15, 0.2) is 0 Å². The highest BCUT2D eigenvalue weighted by Gasteiger charge is 2.18. The quantitative estimate of drug-likeness (QED) is 0.536. The standard InChI is InChI=1S/C20H19FN6O/c1-25(8-9-27-7-3-6-22-27)20(28)17-11-19(14-12-23-26(2)13-14)24-18-5-4-15(21)10-16(17)18/h3-7,10-13H,8-9H2,1-2H3. The van der Waals surface area contributed by atoms with Gasteiger partial charge in [-0.05, 0) is 30.3 Å². The highest BCUT2D eigenvalue weighted by atomic mass is 19.1. The number of halogens is 1. The molecule has 3 heterocycles. The van der Waals surface area contributed by atoms with Gasteiger partial charge in [-0.1, -0.05) is 0 Å². The van der Waals surface area contributed by atoms with E-state index in [9.17, 15) is 9.18 Å². The average molecular weight is 378 g/mol. The predicted octanol–water partition coefficient (Wildman–Crippen LogP) is 2.74. The molecule has 4 aromatic rings. The van der Waals surface area contributed by atoms with E-state index in [4.69, 9.17) is 0 Å². The second-order valence-corrected chi connectivity index (χ2v) is 6.62. The number of fused-ring (bicyclic) bond motifs is 1. The van der Waals surface area contributed by atoms with Gasteiger partial charge >= 0.3 is 0 Å². The van der Waals surface area contributed by atoms with Gasteiger partial charge in [-0.25, -0.2) is 9.37 Å². The SMILES string of the molecule is CN(CCn1cccn1)C(=O)c1cc(-c2cnn(C)c2)nc2ccc(F)cc12. The van der Waals surface area contributed by atoms with E-state index < -0.39 is 5.82 Å². The van der Waals surface area contributed by atoms with Gasteiger partial charge < -0.3 is 4.90 Å². The number of aryl methyl sites for hydroxylation is 1. The van der Waals surface area contributed by atoms with Crippen LogP contribution in [0.15, 0.2) is 55.1 Å². The van der Waals surface area contributed by atoms with Crippen molar-refractivity contribution in [2.75, 3.05) is 13.6 Å². The van der Waals surface area contributed by atoms with Crippen LogP contribution in [0.25, 0.3) is 22.2 Å². The Morgan fingerprint density at radius 1 is 1.25 bits per heavy atom. The van der Waals surface area contributed by atoms with Crippen molar-refractivity contribution in [1.29, 1.82) is 0 Å². The van der Waals surface area contributed by atoms with Crippen LogP contribution in [0.1, 0.15) is 10.4 Å². The summed E-state index contributed by atoms with van der Waals surface area (Å²) in [6.45, 7) is 1.05. The maximum Gasteiger partial charge on any atom is 0.254 e. The molecule has 142 valence electrons. The second kappa shape index (κ2) is 7.22. The van der Waals surface area contributed by atoms with Gasteiger partial charge in [0.2, 0.25) is 0 Å². The van der Waals surface area contributed by atoms with Gasteiger partial charge in [0.1, 0.15) is 5.82 Å². The molecule has 0 saturated heterocycles. The molecule has 7 nitrogen and oxygen atoms in total. The van der Waals surface area contributed by atoms with Crippen LogP contribution < -0.4 is 0 Å². The molecule has 0 aliphatic carbocycles. The summed E-state index contributed by atoms with van der Waals surface area (Å²) in [5, 5.41) is 8.80. The molecule has 0 radical (unpaired) electrons. The normalized spacial score (nSPS) is 11.1. The maximum absolute atomic E-state index is 13.9. The molecule has 1 aromatic carbocycles. The zero-order valence-corrected chi connectivity index (χ0v) is 15.6. The van der Waals surface area contributed by atoms with E-state index in [0.29, 0.717) is 35.2 Å². The first kappa shape index (κ1) is 17.8. The summed E-state index contributed by atoms with van der Waals surface area (Å²) in [5.41, 5.74) is 2.39. The van der Waals surface area contributed by atoms with Crippen LogP contribution in [0, 0.1) is 5.82 Å². The zero-order chi connectivity index (χ0) is 19.7. The van der Waals surface area contributed by atoms with Gasteiger partial charge in [-0.3, -0.25) is 14.2 Å². The zero-order valence-electron chi connectivity index (χ0n) is 15.6. The van der Waals surface area contributed by atoms with Crippen molar-refractivity contribution in [1.82, 2.24) is 29.4 Å². The molecule has 0 spiro atoms. The Bertz CT molecular complexity index is 1140. The monoisotopic (exact) mass is 378 g/mol. The minimum atomic E-state index is -0.406. The average Bonchev–Trinajstić information content (AvgIpc) is 3.36. The number of pyridine rings is 1. The molecule has 0 aliphatic rings. The van der Waals surface area contributed by atoms with Crippen LogP contribution in [0.3, 0.4) is 0 Å². The highest BCUT2D eigenvalue weighted by Crippen LogP contribution is 2.26. The predicted molar refractivity (Wildman–Crippen MR) is 103 cm³/mol. The fourth-order valence-electron chi connectivity index (χ4n) is 3.07. The largest absolute Gasteiger partial charge is 0.340 e. The van der Waals surface area contributed by atoms with E-state index >= 15 is 0 Å². The van der Waals surface area contributed by atoms with Crippen molar-refractivity contribution >= 4 is 16.8 Å². The maximum atomic E-state index is 13.9. The number of nitrogens with zero attached hydrogens (tertiary/aromatic N) is 6. The summed E-state index contributed by atoms with van der Waals surface area (Å²) in [6.07, 6.45) is 7.05. The first-order valence-corrected chi connectivity index (χ1v) is 8.83. The number of carbonyl (C=O) groups excluding carboxylic acids is 1. The Hall–Kier alpha value is -3.55. The number of amides is 1. The summed E-state index contributed by atoms with van der Waals surface area (Å²) in [6, 6.07) is 7.82. The molecule has 0 unspecified atom stereocenters. The van der Waals surface area contributed by atoms with Crippen LogP contribution in [-0.2, 0) is 13.6 Å². The number of aromatic nitrogens is 5. The van der Waals surface area contributed by atoms with E-state index in [0.717, 1.165) is 5.56 Å². The van der Waals surface area contributed by atoms with Gasteiger partial charge in [0.05, 0.1) is 29.5 Å². The minimum absolute atomic E-state index is 0.199. The summed E-state index contributed by atoms with van der Waals surface area (Å²) >= 11 is 0. The number of rotatable bonds is 5. The molecule has 0 N–H and O–H groups in total. The summed E-state index contributed by atoms with van der Waals surface area (Å²) in [7, 11) is 3.54. The molecule has 0 fully saturated rings. The molecule has 8 heteroatoms. The van der Waals surface area contributed by atoms with Gasteiger partial charge in [0, 0.05) is 50.2 Å². The van der Waals surface area contributed by atoms with Crippen LogP contribution >= 0.6 is 0 Å². The van der Waals surface area contributed by atoms with Crippen molar-refractivity contribution in [3.63, 3.8) is 0 Å². The number of hydrogen-bond donors (Lipinski definition) is 0. The topological polar surface area (TPSA) is 68.8 Å². The lowest BCUT2D eigenvalue weighted by molar-refractivity contribution is 0.0791. The van der Waals surface area contributed by atoms with Crippen molar-refractivity contribution < 1.29 is 9.18 Å². The number of benzene rings is 1. The number of hydrogen-bond acceptors (Lipinski definition) is 4. The van der Waals surface area contributed by atoms with Gasteiger partial charge in [-0.15, -0.1) is 0 Å². The lowest BCUT2D eigenvalue weighted by atomic mass is 10.0. The molecule has 4 rings (SSSR count). The molecule has 0 atom stereocenters. The third kappa shape index (κ3) is 3.48. The molecule has 28 heavy (non-hydrogen) atoms. The lowest BCUT2D eigenvalue weighted by Gasteiger charge is -2.19. The minimum Gasteiger partial charge on any atom is -0.340 e. The first-order valence-electron chi connectivity index (χ1n) is 8.83. The Balaban J connectivity index is 1.72.